The molecule has 1 atom stereocenters. The van der Waals surface area contributed by atoms with E-state index in [1.807, 2.05) is 75.4 Å². The molecule has 7 nitrogen and oxygen atoms in total. The van der Waals surface area contributed by atoms with Gasteiger partial charge in [0.1, 0.15) is 17.5 Å². The quantitative estimate of drug-likeness (QED) is 0.272. The van der Waals surface area contributed by atoms with Gasteiger partial charge in [0.05, 0.1) is 35.1 Å². The molecule has 0 spiro atoms. The standard InChI is InChI=1S/C31H34N2O5S/c1-7-12-22-17-21(15-16-24(22)36-8-2)18-26-29(34)33-28(23-13-10-11-14-25(23)38-19(4)5)27(30(35)37-9-3)20(6)32-31(33)39-26/h7,10-11,13-19,28H,1,8-9,12H2,2-6H3/b26-18+/t28-/m0/s1. The number of para-hydroxylation sites is 1. The Morgan fingerprint density at radius 1 is 1.15 bits per heavy atom. The zero-order chi connectivity index (χ0) is 28.1. The van der Waals surface area contributed by atoms with Gasteiger partial charge >= 0.3 is 5.97 Å². The summed E-state index contributed by atoms with van der Waals surface area (Å²) >= 11 is 1.29. The molecule has 0 unspecified atom stereocenters. The van der Waals surface area contributed by atoms with Gasteiger partial charge in [0, 0.05) is 5.56 Å². The normalized spacial score (nSPS) is 15.1. The molecule has 0 fully saturated rings. The number of allylic oxidation sites excluding steroid dienone is 2. The number of thiazole rings is 1. The fourth-order valence-electron chi connectivity index (χ4n) is 4.61. The minimum Gasteiger partial charge on any atom is -0.494 e. The Bertz CT molecular complexity index is 1600. The smallest absolute Gasteiger partial charge is 0.338 e. The Morgan fingerprint density at radius 2 is 1.92 bits per heavy atom. The van der Waals surface area contributed by atoms with Gasteiger partial charge in [-0.25, -0.2) is 9.79 Å². The number of benzene rings is 2. The predicted molar refractivity (Wildman–Crippen MR) is 154 cm³/mol. The van der Waals surface area contributed by atoms with Crippen LogP contribution in [0.5, 0.6) is 11.5 Å². The van der Waals surface area contributed by atoms with Crippen molar-refractivity contribution in [3.05, 3.63) is 103 Å². The molecular weight excluding hydrogens is 512 g/mol. The molecule has 0 N–H and O–H groups in total. The average Bonchev–Trinajstić information content (AvgIpc) is 3.19. The maximum absolute atomic E-state index is 14.0. The van der Waals surface area contributed by atoms with Gasteiger partial charge in [-0.15, -0.1) is 6.58 Å². The van der Waals surface area contributed by atoms with Crippen molar-refractivity contribution >= 4 is 23.4 Å². The molecule has 3 aromatic rings. The van der Waals surface area contributed by atoms with Crippen LogP contribution in [0.15, 0.2) is 76.2 Å². The number of esters is 1. The highest BCUT2D eigenvalue weighted by molar-refractivity contribution is 7.07. The predicted octanol–water partition coefficient (Wildman–Crippen LogP) is 4.71. The minimum atomic E-state index is -0.742. The number of hydrogen-bond acceptors (Lipinski definition) is 7. The molecule has 39 heavy (non-hydrogen) atoms. The van der Waals surface area contributed by atoms with Crippen LogP contribution >= 0.6 is 11.3 Å². The molecule has 4 rings (SSSR count). The number of ether oxygens (including phenoxy) is 3. The first-order valence-electron chi connectivity index (χ1n) is 13.1. The summed E-state index contributed by atoms with van der Waals surface area (Å²) in [6, 6.07) is 12.6. The molecule has 1 aliphatic rings. The van der Waals surface area contributed by atoms with E-state index < -0.39 is 12.0 Å². The highest BCUT2D eigenvalue weighted by atomic mass is 32.1. The van der Waals surface area contributed by atoms with Crippen molar-refractivity contribution in [2.24, 2.45) is 4.99 Å². The highest BCUT2D eigenvalue weighted by Crippen LogP contribution is 2.36. The van der Waals surface area contributed by atoms with Crippen molar-refractivity contribution in [2.75, 3.05) is 13.2 Å². The second-order valence-corrected chi connectivity index (χ2v) is 10.3. The Kier molecular flexibility index (Phi) is 8.86. The fraction of sp³-hybridized carbons (Fsp3) is 0.323. The number of fused-ring (bicyclic) bond motifs is 1. The number of carbonyl (C=O) groups excluding carboxylic acids is 1. The molecule has 8 heteroatoms. The molecule has 0 saturated carbocycles. The van der Waals surface area contributed by atoms with Crippen LogP contribution in [0.2, 0.25) is 0 Å². The van der Waals surface area contributed by atoms with Crippen molar-refractivity contribution < 1.29 is 19.0 Å². The van der Waals surface area contributed by atoms with Crippen molar-refractivity contribution in [2.45, 2.75) is 53.2 Å². The van der Waals surface area contributed by atoms with Gasteiger partial charge in [0.15, 0.2) is 4.80 Å². The summed E-state index contributed by atoms with van der Waals surface area (Å²) in [6.45, 7) is 14.0. The number of aromatic nitrogens is 1. The third kappa shape index (κ3) is 5.91. The largest absolute Gasteiger partial charge is 0.494 e. The SMILES string of the molecule is C=CCc1cc(/C=c2/sc3n(c2=O)[C@@H](c2ccccc2OC(C)C)C(C(=O)OCC)=C(C)N=3)ccc1OCC. The molecule has 1 aromatic heterocycles. The first-order valence-corrected chi connectivity index (χ1v) is 13.9. The third-order valence-electron chi connectivity index (χ3n) is 6.14. The van der Waals surface area contributed by atoms with Gasteiger partial charge in [0.2, 0.25) is 0 Å². The molecule has 0 bridgehead atoms. The van der Waals surface area contributed by atoms with Gasteiger partial charge in [0.25, 0.3) is 5.56 Å². The number of nitrogens with zero attached hydrogens (tertiary/aromatic N) is 2. The van der Waals surface area contributed by atoms with Crippen molar-refractivity contribution in [3.8, 4) is 11.5 Å². The first kappa shape index (κ1) is 28.1. The van der Waals surface area contributed by atoms with E-state index in [0.29, 0.717) is 44.9 Å². The zero-order valence-electron chi connectivity index (χ0n) is 23.0. The van der Waals surface area contributed by atoms with Crippen LogP contribution < -0.4 is 24.4 Å². The van der Waals surface area contributed by atoms with E-state index in [-0.39, 0.29) is 18.3 Å². The molecule has 2 aromatic carbocycles. The van der Waals surface area contributed by atoms with Crippen LogP contribution in [0.25, 0.3) is 6.08 Å². The molecule has 2 heterocycles. The number of rotatable bonds is 10. The highest BCUT2D eigenvalue weighted by Gasteiger charge is 2.35. The molecule has 204 valence electrons. The summed E-state index contributed by atoms with van der Waals surface area (Å²) in [4.78, 5) is 32.4. The first-order chi connectivity index (χ1) is 18.8. The van der Waals surface area contributed by atoms with E-state index in [9.17, 15) is 9.59 Å². The summed E-state index contributed by atoms with van der Waals surface area (Å²) in [7, 11) is 0. The minimum absolute atomic E-state index is 0.0949. The Labute approximate surface area is 232 Å². The molecule has 0 saturated heterocycles. The lowest BCUT2D eigenvalue weighted by Crippen LogP contribution is -2.40. The summed E-state index contributed by atoms with van der Waals surface area (Å²) in [5.41, 5.74) is 3.15. The topological polar surface area (TPSA) is 79.1 Å². The van der Waals surface area contributed by atoms with Gasteiger partial charge in [-0.05, 0) is 76.4 Å². The summed E-state index contributed by atoms with van der Waals surface area (Å²) in [6.07, 6.45) is 4.23. The van der Waals surface area contributed by atoms with Gasteiger partial charge in [-0.1, -0.05) is 41.7 Å². The van der Waals surface area contributed by atoms with Gasteiger partial charge < -0.3 is 14.2 Å². The lowest BCUT2D eigenvalue weighted by molar-refractivity contribution is -0.139. The van der Waals surface area contributed by atoms with E-state index in [1.54, 1.807) is 18.4 Å². The second kappa shape index (κ2) is 12.3. The van der Waals surface area contributed by atoms with E-state index in [4.69, 9.17) is 14.2 Å². The van der Waals surface area contributed by atoms with Gasteiger partial charge in [-0.3, -0.25) is 9.36 Å². The maximum atomic E-state index is 14.0. The average molecular weight is 547 g/mol. The van der Waals surface area contributed by atoms with Crippen molar-refractivity contribution in [1.82, 2.24) is 4.57 Å². The third-order valence-corrected chi connectivity index (χ3v) is 7.12. The Hall–Kier alpha value is -3.91. The van der Waals surface area contributed by atoms with Crippen molar-refractivity contribution in [1.29, 1.82) is 0 Å². The second-order valence-electron chi connectivity index (χ2n) is 9.30. The van der Waals surface area contributed by atoms with E-state index in [0.717, 1.165) is 16.9 Å². The molecule has 0 radical (unpaired) electrons. The zero-order valence-corrected chi connectivity index (χ0v) is 23.8. The summed E-state index contributed by atoms with van der Waals surface area (Å²) < 4.78 is 19.4. The van der Waals surface area contributed by atoms with E-state index in [2.05, 4.69) is 11.6 Å². The number of carbonyl (C=O) groups is 1. The van der Waals surface area contributed by atoms with Crippen LogP contribution in [-0.4, -0.2) is 29.9 Å². The molecular formula is C31H34N2O5S. The lowest BCUT2D eigenvalue weighted by atomic mass is 9.95. The molecule has 0 aliphatic carbocycles. The summed E-state index contributed by atoms with van der Waals surface area (Å²) in [5, 5.41) is 0. The van der Waals surface area contributed by atoms with Crippen molar-refractivity contribution in [3.63, 3.8) is 0 Å². The van der Waals surface area contributed by atoms with E-state index >= 15 is 0 Å². The maximum Gasteiger partial charge on any atom is 0.338 e. The van der Waals surface area contributed by atoms with Crippen LogP contribution in [0.4, 0.5) is 0 Å². The van der Waals surface area contributed by atoms with E-state index in [1.165, 1.54) is 11.3 Å². The lowest BCUT2D eigenvalue weighted by Gasteiger charge is -2.26. The van der Waals surface area contributed by atoms with Crippen LogP contribution in [0.3, 0.4) is 0 Å². The van der Waals surface area contributed by atoms with Crippen LogP contribution in [0, 0.1) is 0 Å². The Balaban J connectivity index is 1.93. The number of hydrogen-bond donors (Lipinski definition) is 0. The van der Waals surface area contributed by atoms with Crippen LogP contribution in [-0.2, 0) is 16.0 Å². The Morgan fingerprint density at radius 3 is 2.62 bits per heavy atom. The molecule has 1 aliphatic heterocycles. The summed E-state index contributed by atoms with van der Waals surface area (Å²) in [5.74, 6) is 0.898. The monoisotopic (exact) mass is 546 g/mol. The van der Waals surface area contributed by atoms with Gasteiger partial charge in [-0.2, -0.15) is 0 Å². The molecule has 0 amide bonds. The van der Waals surface area contributed by atoms with Crippen LogP contribution in [0.1, 0.15) is 57.4 Å². The fourth-order valence-corrected chi connectivity index (χ4v) is 5.65.